The second kappa shape index (κ2) is 5.74. The molecular weight excluding hydrogens is 236 g/mol. The lowest BCUT2D eigenvalue weighted by Gasteiger charge is -2.29. The molecule has 1 aromatic carbocycles. The van der Waals surface area contributed by atoms with Crippen molar-refractivity contribution in [1.82, 2.24) is 5.32 Å². The fourth-order valence-corrected chi connectivity index (χ4v) is 1.96. The molecule has 0 radical (unpaired) electrons. The molecule has 3 nitrogen and oxygen atoms in total. The lowest BCUT2D eigenvalue weighted by Crippen LogP contribution is -2.51. The topological polar surface area (TPSA) is 55.1 Å². The third kappa shape index (κ3) is 3.80. The Morgan fingerprint density at radius 1 is 1.21 bits per heavy atom. The summed E-state index contributed by atoms with van der Waals surface area (Å²) in [5.74, 6) is -0.0414. The Morgan fingerprint density at radius 2 is 1.79 bits per heavy atom. The average molecular weight is 262 g/mol. The number of rotatable bonds is 4. The smallest absolute Gasteiger partial charge is 0.252 e. The summed E-state index contributed by atoms with van der Waals surface area (Å²) in [6.45, 7) is 10.8. The molecule has 0 aliphatic rings. The molecule has 0 aromatic heterocycles. The van der Waals surface area contributed by atoms with E-state index in [9.17, 15) is 4.79 Å². The molecule has 3 heteroatoms. The molecule has 1 aromatic rings. The van der Waals surface area contributed by atoms with E-state index < -0.39 is 0 Å². The van der Waals surface area contributed by atoms with E-state index in [1.54, 1.807) is 0 Å². The minimum atomic E-state index is -0.345. The van der Waals surface area contributed by atoms with Gasteiger partial charge in [0.1, 0.15) is 0 Å². The van der Waals surface area contributed by atoms with Gasteiger partial charge >= 0.3 is 0 Å². The Bertz CT molecular complexity index is 442. The number of nitrogens with one attached hydrogen (secondary N) is 1. The molecule has 0 saturated carbocycles. The van der Waals surface area contributed by atoms with Crippen molar-refractivity contribution in [1.29, 1.82) is 0 Å². The van der Waals surface area contributed by atoms with Gasteiger partial charge in [-0.15, -0.1) is 0 Å². The highest BCUT2D eigenvalue weighted by molar-refractivity contribution is 5.96. The molecular formula is C16H26N2O. The van der Waals surface area contributed by atoms with Crippen molar-refractivity contribution in [3.05, 3.63) is 35.4 Å². The largest absolute Gasteiger partial charge is 0.346 e. The number of hydrogen-bond acceptors (Lipinski definition) is 2. The molecule has 19 heavy (non-hydrogen) atoms. The van der Waals surface area contributed by atoms with Crippen LogP contribution in [0.3, 0.4) is 0 Å². The van der Waals surface area contributed by atoms with Crippen LogP contribution in [0.25, 0.3) is 0 Å². The molecule has 3 N–H and O–H groups in total. The van der Waals surface area contributed by atoms with Crippen molar-refractivity contribution in [2.45, 2.75) is 52.0 Å². The summed E-state index contributed by atoms with van der Waals surface area (Å²) in [7, 11) is 0. The van der Waals surface area contributed by atoms with Gasteiger partial charge in [0.15, 0.2) is 0 Å². The number of carbonyl (C=O) groups excluding carboxylic acids is 1. The van der Waals surface area contributed by atoms with Crippen molar-refractivity contribution in [3.8, 4) is 0 Å². The van der Waals surface area contributed by atoms with E-state index in [0.29, 0.717) is 6.54 Å². The van der Waals surface area contributed by atoms with Crippen LogP contribution in [0.1, 0.15) is 57.0 Å². The van der Waals surface area contributed by atoms with Crippen molar-refractivity contribution < 1.29 is 4.79 Å². The summed E-state index contributed by atoms with van der Waals surface area (Å²) < 4.78 is 0. The standard InChI is InChI=1S/C16H26N2O/c1-6-16(5,11-17)18-14(19)12-9-7-8-10-13(12)15(2,3)4/h7-10H,6,11,17H2,1-5H3,(H,18,19). The number of carbonyl (C=O) groups is 1. The van der Waals surface area contributed by atoms with Crippen LogP contribution < -0.4 is 11.1 Å². The maximum absolute atomic E-state index is 12.5. The minimum Gasteiger partial charge on any atom is -0.346 e. The highest BCUT2D eigenvalue weighted by Crippen LogP contribution is 2.26. The first-order valence-corrected chi connectivity index (χ1v) is 6.85. The van der Waals surface area contributed by atoms with Crippen LogP contribution in [0.15, 0.2) is 24.3 Å². The lowest BCUT2D eigenvalue weighted by molar-refractivity contribution is 0.0904. The van der Waals surface area contributed by atoms with Gasteiger partial charge in [-0.25, -0.2) is 0 Å². The van der Waals surface area contributed by atoms with E-state index in [-0.39, 0.29) is 16.9 Å². The molecule has 1 rings (SSSR count). The molecule has 106 valence electrons. The van der Waals surface area contributed by atoms with Crippen LogP contribution >= 0.6 is 0 Å². The van der Waals surface area contributed by atoms with E-state index in [2.05, 4.69) is 26.1 Å². The normalized spacial score (nSPS) is 14.8. The van der Waals surface area contributed by atoms with Crippen molar-refractivity contribution in [2.24, 2.45) is 5.73 Å². The molecule has 0 aliphatic heterocycles. The quantitative estimate of drug-likeness (QED) is 0.876. The summed E-state index contributed by atoms with van der Waals surface area (Å²) in [5, 5.41) is 3.06. The summed E-state index contributed by atoms with van der Waals surface area (Å²) in [6.07, 6.45) is 0.812. The lowest BCUT2D eigenvalue weighted by atomic mass is 9.83. The summed E-state index contributed by atoms with van der Waals surface area (Å²) in [5.41, 5.74) is 7.15. The van der Waals surface area contributed by atoms with Crippen LogP contribution in [0, 0.1) is 0 Å². The molecule has 1 unspecified atom stereocenters. The fraction of sp³-hybridized carbons (Fsp3) is 0.562. The van der Waals surface area contributed by atoms with Gasteiger partial charge in [-0.2, -0.15) is 0 Å². The third-order valence-corrected chi connectivity index (χ3v) is 3.63. The van der Waals surface area contributed by atoms with Crippen molar-refractivity contribution in [2.75, 3.05) is 6.54 Å². The van der Waals surface area contributed by atoms with E-state index in [1.165, 1.54) is 0 Å². The van der Waals surface area contributed by atoms with Crippen LogP contribution in [0.2, 0.25) is 0 Å². The number of amides is 1. The van der Waals surface area contributed by atoms with Crippen molar-refractivity contribution in [3.63, 3.8) is 0 Å². The summed E-state index contributed by atoms with van der Waals surface area (Å²) >= 11 is 0. The Morgan fingerprint density at radius 3 is 2.26 bits per heavy atom. The minimum absolute atomic E-state index is 0.0414. The third-order valence-electron chi connectivity index (χ3n) is 3.63. The van der Waals surface area contributed by atoms with Gasteiger partial charge in [0.25, 0.3) is 5.91 Å². The van der Waals surface area contributed by atoms with E-state index in [1.807, 2.05) is 38.1 Å². The molecule has 1 amide bonds. The maximum atomic E-state index is 12.5. The molecule has 1 atom stereocenters. The fourth-order valence-electron chi connectivity index (χ4n) is 1.96. The number of nitrogens with two attached hydrogens (primary N) is 1. The summed E-state index contributed by atoms with van der Waals surface area (Å²) in [4.78, 5) is 12.5. The highest BCUT2D eigenvalue weighted by Gasteiger charge is 2.26. The number of hydrogen-bond donors (Lipinski definition) is 2. The molecule has 0 aliphatic carbocycles. The van der Waals surface area contributed by atoms with Crippen LogP contribution in [0.5, 0.6) is 0 Å². The van der Waals surface area contributed by atoms with Gasteiger partial charge in [0, 0.05) is 17.6 Å². The SMILES string of the molecule is CCC(C)(CN)NC(=O)c1ccccc1C(C)(C)C. The first kappa shape index (κ1) is 15.7. The molecule has 0 spiro atoms. The van der Waals surface area contributed by atoms with Gasteiger partial charge in [0.05, 0.1) is 0 Å². The molecule has 0 fully saturated rings. The van der Waals surface area contributed by atoms with E-state index in [0.717, 1.165) is 17.5 Å². The van der Waals surface area contributed by atoms with Crippen molar-refractivity contribution >= 4 is 5.91 Å². The van der Waals surface area contributed by atoms with Gasteiger partial charge in [-0.05, 0) is 30.4 Å². The van der Waals surface area contributed by atoms with Gasteiger partial charge in [0.2, 0.25) is 0 Å². The Labute approximate surface area is 116 Å². The van der Waals surface area contributed by atoms with Gasteiger partial charge < -0.3 is 11.1 Å². The molecule has 0 saturated heterocycles. The predicted octanol–water partition coefficient (Wildman–Crippen LogP) is 2.84. The zero-order valence-electron chi connectivity index (χ0n) is 12.7. The zero-order chi connectivity index (χ0) is 14.7. The monoisotopic (exact) mass is 262 g/mol. The average Bonchev–Trinajstić information content (AvgIpc) is 2.37. The predicted molar refractivity (Wildman–Crippen MR) is 80.4 cm³/mol. The summed E-state index contributed by atoms with van der Waals surface area (Å²) in [6, 6.07) is 7.76. The van der Waals surface area contributed by atoms with E-state index >= 15 is 0 Å². The van der Waals surface area contributed by atoms with E-state index in [4.69, 9.17) is 5.73 Å². The Balaban J connectivity index is 3.08. The maximum Gasteiger partial charge on any atom is 0.252 e. The molecule has 0 heterocycles. The first-order valence-electron chi connectivity index (χ1n) is 6.85. The molecule has 0 bridgehead atoms. The Kier molecular flexibility index (Phi) is 4.75. The van der Waals surface area contributed by atoms with Crippen LogP contribution in [-0.4, -0.2) is 18.0 Å². The van der Waals surface area contributed by atoms with Gasteiger partial charge in [-0.1, -0.05) is 45.9 Å². The second-order valence-electron chi connectivity index (χ2n) is 6.37. The highest BCUT2D eigenvalue weighted by atomic mass is 16.1. The Hall–Kier alpha value is -1.35. The van der Waals surface area contributed by atoms with Crippen LogP contribution in [0.4, 0.5) is 0 Å². The van der Waals surface area contributed by atoms with Crippen LogP contribution in [-0.2, 0) is 5.41 Å². The number of benzene rings is 1. The first-order chi connectivity index (χ1) is 8.73. The zero-order valence-corrected chi connectivity index (χ0v) is 12.7. The van der Waals surface area contributed by atoms with Gasteiger partial charge in [-0.3, -0.25) is 4.79 Å². The second-order valence-corrected chi connectivity index (χ2v) is 6.37.